The molecule has 0 N–H and O–H groups in total. The molecule has 4 nitrogen and oxygen atoms in total. The summed E-state index contributed by atoms with van der Waals surface area (Å²) in [6.07, 6.45) is 0. The molecular weight excluding hydrogens is 317 g/mol. The highest BCUT2D eigenvalue weighted by molar-refractivity contribution is 7.89. The minimum absolute atomic E-state index is 0.0998. The van der Waals surface area contributed by atoms with E-state index in [1.165, 1.54) is 29.6 Å². The van der Waals surface area contributed by atoms with Crippen molar-refractivity contribution < 1.29 is 17.2 Å². The summed E-state index contributed by atoms with van der Waals surface area (Å²) in [5.74, 6) is 0.458. The van der Waals surface area contributed by atoms with Crippen LogP contribution in [0.1, 0.15) is 17.1 Å². The van der Waals surface area contributed by atoms with E-state index in [-0.39, 0.29) is 23.1 Å². The van der Waals surface area contributed by atoms with Crippen LogP contribution in [0, 0.1) is 12.7 Å². The van der Waals surface area contributed by atoms with Gasteiger partial charge in [-0.1, -0.05) is 12.1 Å². The normalized spacial score (nSPS) is 12.0. The van der Waals surface area contributed by atoms with E-state index in [2.05, 4.69) is 0 Å². The Balaban J connectivity index is 2.25. The molecule has 0 spiro atoms. The Bertz CT molecular complexity index is 725. The Kier molecular flexibility index (Phi) is 4.70. The molecule has 1 heterocycles. The van der Waals surface area contributed by atoms with E-state index in [9.17, 15) is 12.8 Å². The highest BCUT2D eigenvalue weighted by atomic mass is 35.5. The highest BCUT2D eigenvalue weighted by Crippen LogP contribution is 2.24. The van der Waals surface area contributed by atoms with Crippen molar-refractivity contribution in [2.24, 2.45) is 0 Å². The van der Waals surface area contributed by atoms with Gasteiger partial charge in [0.25, 0.3) is 0 Å². The van der Waals surface area contributed by atoms with Crippen LogP contribution < -0.4 is 0 Å². The summed E-state index contributed by atoms with van der Waals surface area (Å²) in [5, 5.41) is 0. The number of hydrogen-bond donors (Lipinski definition) is 0. The van der Waals surface area contributed by atoms with E-state index in [4.69, 9.17) is 16.0 Å². The van der Waals surface area contributed by atoms with E-state index in [1.54, 1.807) is 19.1 Å². The van der Waals surface area contributed by atoms with Gasteiger partial charge in [-0.05, 0) is 24.6 Å². The molecule has 0 bridgehead atoms. The first-order valence-corrected chi connectivity index (χ1v) is 8.18. The molecule has 0 aliphatic heterocycles. The van der Waals surface area contributed by atoms with Gasteiger partial charge in [0.15, 0.2) is 0 Å². The van der Waals surface area contributed by atoms with Gasteiger partial charge in [-0.25, -0.2) is 12.8 Å². The van der Waals surface area contributed by atoms with Crippen molar-refractivity contribution in [1.29, 1.82) is 0 Å². The van der Waals surface area contributed by atoms with Gasteiger partial charge >= 0.3 is 0 Å². The molecule has 1 aromatic carbocycles. The van der Waals surface area contributed by atoms with Crippen LogP contribution in [-0.2, 0) is 22.4 Å². The standard InChI is InChI=1S/C14H15ClFNO3S/c1-10-14(7-13(8-15)20-10)21(18,19)17(2)9-11-3-5-12(16)6-4-11/h3-7H,8-9H2,1-2H3. The lowest BCUT2D eigenvalue weighted by Gasteiger charge is -2.16. The second-order valence-corrected chi connectivity index (χ2v) is 6.93. The molecule has 0 saturated carbocycles. The van der Waals surface area contributed by atoms with Gasteiger partial charge in [0.2, 0.25) is 10.0 Å². The van der Waals surface area contributed by atoms with Gasteiger partial charge < -0.3 is 4.42 Å². The molecule has 0 aliphatic rings. The molecule has 0 atom stereocenters. The molecule has 0 aliphatic carbocycles. The van der Waals surface area contributed by atoms with Crippen molar-refractivity contribution in [2.45, 2.75) is 24.2 Å². The van der Waals surface area contributed by atoms with Crippen molar-refractivity contribution >= 4 is 21.6 Å². The monoisotopic (exact) mass is 331 g/mol. The zero-order chi connectivity index (χ0) is 15.6. The van der Waals surface area contributed by atoms with Crippen LogP contribution in [0.5, 0.6) is 0 Å². The van der Waals surface area contributed by atoms with Crippen molar-refractivity contribution in [3.05, 3.63) is 53.2 Å². The Morgan fingerprint density at radius 2 is 1.90 bits per heavy atom. The fourth-order valence-corrected chi connectivity index (χ4v) is 3.42. The quantitative estimate of drug-likeness (QED) is 0.790. The third-order valence-corrected chi connectivity index (χ3v) is 5.24. The molecule has 0 unspecified atom stereocenters. The number of halogens is 2. The molecule has 7 heteroatoms. The fraction of sp³-hybridized carbons (Fsp3) is 0.286. The predicted octanol–water partition coefficient (Wildman–Crippen LogP) is 3.29. The number of nitrogens with zero attached hydrogens (tertiary/aromatic N) is 1. The molecule has 0 fully saturated rings. The number of hydrogen-bond acceptors (Lipinski definition) is 3. The number of sulfonamides is 1. The third-order valence-electron chi connectivity index (χ3n) is 3.06. The Morgan fingerprint density at radius 3 is 2.43 bits per heavy atom. The van der Waals surface area contributed by atoms with Crippen molar-refractivity contribution in [1.82, 2.24) is 4.31 Å². The minimum atomic E-state index is -3.68. The van der Waals surface area contributed by atoms with E-state index in [1.807, 2.05) is 0 Å². The van der Waals surface area contributed by atoms with Gasteiger partial charge in [-0.15, -0.1) is 11.6 Å². The Morgan fingerprint density at radius 1 is 1.29 bits per heavy atom. The summed E-state index contributed by atoms with van der Waals surface area (Å²) in [7, 11) is -2.22. The van der Waals surface area contributed by atoms with Gasteiger partial charge in [0.1, 0.15) is 22.2 Å². The second kappa shape index (κ2) is 6.17. The largest absolute Gasteiger partial charge is 0.464 e. The van der Waals surface area contributed by atoms with Crippen LogP contribution in [-0.4, -0.2) is 19.8 Å². The summed E-state index contributed by atoms with van der Waals surface area (Å²) >= 11 is 5.65. The Labute approximate surface area is 128 Å². The predicted molar refractivity (Wildman–Crippen MR) is 78.1 cm³/mol. The molecule has 0 radical (unpaired) electrons. The maximum atomic E-state index is 12.9. The van der Waals surface area contributed by atoms with Gasteiger partial charge in [-0.2, -0.15) is 4.31 Å². The van der Waals surface area contributed by atoms with Crippen molar-refractivity contribution in [2.75, 3.05) is 7.05 Å². The zero-order valence-electron chi connectivity index (χ0n) is 11.6. The van der Waals surface area contributed by atoms with Crippen LogP contribution in [0.4, 0.5) is 4.39 Å². The van der Waals surface area contributed by atoms with Crippen molar-refractivity contribution in [3.63, 3.8) is 0 Å². The zero-order valence-corrected chi connectivity index (χ0v) is 13.2. The van der Waals surface area contributed by atoms with E-state index < -0.39 is 10.0 Å². The first-order chi connectivity index (χ1) is 9.84. The van der Waals surface area contributed by atoms with E-state index in [0.29, 0.717) is 17.1 Å². The number of rotatable bonds is 5. The number of aryl methyl sites for hydroxylation is 1. The molecule has 114 valence electrons. The Hall–Kier alpha value is -1.37. The van der Waals surface area contributed by atoms with Crippen LogP contribution >= 0.6 is 11.6 Å². The fourth-order valence-electron chi connectivity index (χ4n) is 1.95. The lowest BCUT2D eigenvalue weighted by molar-refractivity contribution is 0.458. The van der Waals surface area contributed by atoms with Crippen LogP contribution in [0.15, 0.2) is 39.6 Å². The lowest BCUT2D eigenvalue weighted by Crippen LogP contribution is -2.26. The maximum absolute atomic E-state index is 12.9. The molecular formula is C14H15ClFNO3S. The first kappa shape index (κ1) is 16.0. The van der Waals surface area contributed by atoms with Gasteiger partial charge in [0, 0.05) is 19.7 Å². The summed E-state index contributed by atoms with van der Waals surface area (Å²) in [4.78, 5) is 0.0998. The highest BCUT2D eigenvalue weighted by Gasteiger charge is 2.26. The lowest BCUT2D eigenvalue weighted by atomic mass is 10.2. The molecule has 2 aromatic rings. The van der Waals surface area contributed by atoms with E-state index >= 15 is 0 Å². The smallest absolute Gasteiger partial charge is 0.246 e. The molecule has 0 saturated heterocycles. The van der Waals surface area contributed by atoms with Crippen LogP contribution in [0.2, 0.25) is 0 Å². The van der Waals surface area contributed by atoms with Gasteiger partial charge in [0.05, 0.1) is 5.88 Å². The third kappa shape index (κ3) is 3.45. The topological polar surface area (TPSA) is 50.5 Å². The molecule has 1 aromatic heterocycles. The number of furan rings is 1. The summed E-state index contributed by atoms with van der Waals surface area (Å²) in [6.45, 7) is 1.72. The summed E-state index contributed by atoms with van der Waals surface area (Å²) < 4.78 is 44.3. The van der Waals surface area contributed by atoms with Crippen molar-refractivity contribution in [3.8, 4) is 0 Å². The summed E-state index contributed by atoms with van der Waals surface area (Å²) in [5.41, 5.74) is 0.696. The SMILES string of the molecule is Cc1oc(CCl)cc1S(=O)(=O)N(C)Cc1ccc(F)cc1. The first-order valence-electron chi connectivity index (χ1n) is 6.20. The second-order valence-electron chi connectivity index (χ2n) is 4.65. The van der Waals surface area contributed by atoms with Crippen LogP contribution in [0.25, 0.3) is 0 Å². The average molecular weight is 332 g/mol. The number of alkyl halides is 1. The minimum Gasteiger partial charge on any atom is -0.464 e. The van der Waals surface area contributed by atoms with Gasteiger partial charge in [-0.3, -0.25) is 0 Å². The molecule has 2 rings (SSSR count). The number of benzene rings is 1. The average Bonchev–Trinajstić information content (AvgIpc) is 2.83. The molecule has 0 amide bonds. The maximum Gasteiger partial charge on any atom is 0.246 e. The van der Waals surface area contributed by atoms with Crippen LogP contribution in [0.3, 0.4) is 0 Å². The van der Waals surface area contributed by atoms with E-state index in [0.717, 1.165) is 0 Å². The summed E-state index contributed by atoms with van der Waals surface area (Å²) in [6, 6.07) is 7.12. The molecule has 21 heavy (non-hydrogen) atoms.